The first-order valence-corrected chi connectivity index (χ1v) is 3.41. The molecule has 6 heteroatoms. The maximum Gasteiger partial charge on any atom is 0.405 e. The highest BCUT2D eigenvalue weighted by atomic mass is 32.1. The Bertz CT molecular complexity index is 143. The second-order valence-corrected chi connectivity index (χ2v) is 2.67. The van der Waals surface area contributed by atoms with Gasteiger partial charge in [-0.1, -0.05) is 12.2 Å². The molecular weight excluding hydrogens is 177 g/mol. The van der Waals surface area contributed by atoms with Crippen molar-refractivity contribution in [3.8, 4) is 0 Å². The molecule has 4 N–H and O–H groups in total. The molecule has 2 nitrogen and oxygen atoms in total. The van der Waals surface area contributed by atoms with Gasteiger partial charge < -0.3 is 11.1 Å². The van der Waals surface area contributed by atoms with E-state index in [2.05, 4.69) is 23.3 Å². The van der Waals surface area contributed by atoms with Crippen LogP contribution in [-0.4, -0.2) is 23.8 Å². The minimum absolute atomic E-state index is 0.141. The molecule has 0 aromatic carbocycles. The Morgan fingerprint density at radius 3 is 2.36 bits per heavy atom. The molecule has 0 aliphatic heterocycles. The quantitative estimate of drug-likeness (QED) is 0.602. The Kier molecular flexibility index (Phi) is 3.74. The number of quaternary nitrogens is 1. The van der Waals surface area contributed by atoms with E-state index in [0.717, 1.165) is 0 Å². The number of hydrogen-bond donors (Lipinski definition) is 2. The second kappa shape index (κ2) is 3.87. The highest BCUT2D eigenvalue weighted by molar-refractivity contribution is 7.80. The van der Waals surface area contributed by atoms with Crippen LogP contribution in [-0.2, 0) is 0 Å². The van der Waals surface area contributed by atoms with E-state index in [-0.39, 0.29) is 11.0 Å². The third-order valence-electron chi connectivity index (χ3n) is 0.911. The van der Waals surface area contributed by atoms with Crippen molar-refractivity contribution in [2.75, 3.05) is 6.54 Å². The monoisotopic (exact) mass is 187 g/mol. The average molecular weight is 187 g/mol. The average Bonchev–Trinajstić information content (AvgIpc) is 1.80. The first-order chi connectivity index (χ1) is 4.83. The van der Waals surface area contributed by atoms with Gasteiger partial charge in [0.2, 0.25) is 0 Å². The molecule has 11 heavy (non-hydrogen) atoms. The number of alkyl halides is 3. The van der Waals surface area contributed by atoms with Crippen LogP contribution in [0, 0.1) is 0 Å². The standard InChI is InChI=1S/C5H9F3N2S/c1-3(9)4(11)10-2-5(6,7)8/h3H,2,9H2,1H3,(H,10,11)/p+1/t3-/m1/s1. The van der Waals surface area contributed by atoms with Gasteiger partial charge in [-0.15, -0.1) is 0 Å². The lowest BCUT2D eigenvalue weighted by Gasteiger charge is -2.10. The SMILES string of the molecule is C[C@@H]([NH3+])C(=S)NCC(F)(F)F. The van der Waals surface area contributed by atoms with Crippen molar-refractivity contribution in [2.45, 2.75) is 19.1 Å². The second-order valence-electron chi connectivity index (χ2n) is 2.23. The summed E-state index contributed by atoms with van der Waals surface area (Å²) >= 11 is 4.57. The molecule has 0 bridgehead atoms. The molecule has 0 saturated carbocycles. The number of thiocarbonyl (C=S) groups is 1. The molecule has 0 saturated heterocycles. The van der Waals surface area contributed by atoms with E-state index in [1.165, 1.54) is 0 Å². The van der Waals surface area contributed by atoms with Gasteiger partial charge in [0, 0.05) is 0 Å². The summed E-state index contributed by atoms with van der Waals surface area (Å²) in [6.07, 6.45) is -4.21. The summed E-state index contributed by atoms with van der Waals surface area (Å²) in [4.78, 5) is 0.141. The summed E-state index contributed by atoms with van der Waals surface area (Å²) < 4.78 is 34.6. The molecule has 0 rings (SSSR count). The largest absolute Gasteiger partial charge is 0.405 e. The van der Waals surface area contributed by atoms with Crippen LogP contribution in [0.25, 0.3) is 0 Å². The Morgan fingerprint density at radius 1 is 1.64 bits per heavy atom. The first-order valence-electron chi connectivity index (χ1n) is 3.00. The van der Waals surface area contributed by atoms with Crippen LogP contribution in [0.1, 0.15) is 6.92 Å². The molecule has 66 valence electrons. The van der Waals surface area contributed by atoms with Gasteiger partial charge in [0.15, 0.2) is 0 Å². The van der Waals surface area contributed by atoms with Gasteiger partial charge in [0.05, 0.1) is 0 Å². The summed E-state index contributed by atoms with van der Waals surface area (Å²) in [5.41, 5.74) is 3.47. The first kappa shape index (κ1) is 10.6. The Morgan fingerprint density at radius 2 is 2.09 bits per heavy atom. The van der Waals surface area contributed by atoms with E-state index < -0.39 is 12.7 Å². The molecule has 0 spiro atoms. The summed E-state index contributed by atoms with van der Waals surface area (Å²) in [5, 5.41) is 2.07. The van der Waals surface area contributed by atoms with Crippen molar-refractivity contribution in [1.82, 2.24) is 5.32 Å². The molecule has 0 fully saturated rings. The van der Waals surface area contributed by atoms with Crippen molar-refractivity contribution in [2.24, 2.45) is 0 Å². The van der Waals surface area contributed by atoms with Gasteiger partial charge in [-0.05, 0) is 6.92 Å². The molecule has 0 aliphatic rings. The summed E-state index contributed by atoms with van der Waals surface area (Å²) in [6, 6.07) is -0.285. The van der Waals surface area contributed by atoms with Gasteiger partial charge in [0.1, 0.15) is 17.6 Å². The van der Waals surface area contributed by atoms with E-state index in [9.17, 15) is 13.2 Å². The fourth-order valence-electron chi connectivity index (χ4n) is 0.362. The molecule has 0 unspecified atom stereocenters. The van der Waals surface area contributed by atoms with Crippen LogP contribution in [0.5, 0.6) is 0 Å². The predicted octanol–water partition coefficient (Wildman–Crippen LogP) is 0.0961. The van der Waals surface area contributed by atoms with E-state index >= 15 is 0 Å². The van der Waals surface area contributed by atoms with Crippen molar-refractivity contribution < 1.29 is 18.9 Å². The van der Waals surface area contributed by atoms with Crippen LogP contribution < -0.4 is 11.1 Å². The van der Waals surface area contributed by atoms with Gasteiger partial charge in [-0.3, -0.25) is 0 Å². The van der Waals surface area contributed by atoms with Crippen LogP contribution >= 0.6 is 12.2 Å². The predicted molar refractivity (Wildman–Crippen MR) is 39.0 cm³/mol. The Hall–Kier alpha value is -0.360. The number of hydrogen-bond acceptors (Lipinski definition) is 1. The number of nitrogens with one attached hydrogen (secondary N) is 1. The van der Waals surface area contributed by atoms with E-state index in [4.69, 9.17) is 0 Å². The fraction of sp³-hybridized carbons (Fsp3) is 0.800. The van der Waals surface area contributed by atoms with Crippen LogP contribution in [0.2, 0.25) is 0 Å². The molecule has 0 aliphatic carbocycles. The zero-order chi connectivity index (χ0) is 9.07. The maximum atomic E-state index is 11.5. The molecule has 0 aromatic heterocycles. The Balaban J connectivity index is 3.64. The summed E-state index contributed by atoms with van der Waals surface area (Å²) in [6.45, 7) is 0.553. The van der Waals surface area contributed by atoms with Crippen LogP contribution in [0.4, 0.5) is 13.2 Å². The van der Waals surface area contributed by atoms with Crippen molar-refractivity contribution in [3.63, 3.8) is 0 Å². The third-order valence-corrected chi connectivity index (χ3v) is 1.46. The number of halogens is 3. The fourth-order valence-corrected chi connectivity index (χ4v) is 0.434. The lowest BCUT2D eigenvalue weighted by atomic mass is 10.3. The molecule has 0 amide bonds. The highest BCUT2D eigenvalue weighted by Crippen LogP contribution is 2.12. The van der Waals surface area contributed by atoms with E-state index in [0.29, 0.717) is 0 Å². The smallest absolute Gasteiger partial charge is 0.366 e. The van der Waals surface area contributed by atoms with Crippen LogP contribution in [0.3, 0.4) is 0 Å². The summed E-state index contributed by atoms with van der Waals surface area (Å²) in [7, 11) is 0. The molecule has 0 heterocycles. The molecule has 1 atom stereocenters. The highest BCUT2D eigenvalue weighted by Gasteiger charge is 2.27. The topological polar surface area (TPSA) is 39.7 Å². The van der Waals surface area contributed by atoms with E-state index in [1.807, 2.05) is 0 Å². The zero-order valence-electron chi connectivity index (χ0n) is 6.03. The Labute approximate surface area is 67.9 Å². The van der Waals surface area contributed by atoms with Gasteiger partial charge >= 0.3 is 6.18 Å². The summed E-state index contributed by atoms with van der Waals surface area (Å²) in [5.74, 6) is 0. The minimum Gasteiger partial charge on any atom is -0.366 e. The van der Waals surface area contributed by atoms with Gasteiger partial charge in [0.25, 0.3) is 0 Å². The third kappa shape index (κ3) is 6.05. The van der Waals surface area contributed by atoms with Gasteiger partial charge in [-0.2, -0.15) is 13.2 Å². The van der Waals surface area contributed by atoms with Crippen molar-refractivity contribution >= 4 is 17.2 Å². The lowest BCUT2D eigenvalue weighted by Crippen LogP contribution is -2.65. The minimum atomic E-state index is -4.21. The van der Waals surface area contributed by atoms with Gasteiger partial charge in [-0.25, -0.2) is 0 Å². The molecule has 0 radical (unpaired) electrons. The lowest BCUT2D eigenvalue weighted by molar-refractivity contribution is -0.389. The zero-order valence-corrected chi connectivity index (χ0v) is 6.85. The maximum absolute atomic E-state index is 11.5. The molecule has 0 aromatic rings. The van der Waals surface area contributed by atoms with Crippen molar-refractivity contribution in [1.29, 1.82) is 0 Å². The molecular formula is C5H10F3N2S+. The van der Waals surface area contributed by atoms with Crippen LogP contribution in [0.15, 0.2) is 0 Å². The number of rotatable bonds is 2. The normalized spacial score (nSPS) is 14.3. The van der Waals surface area contributed by atoms with E-state index in [1.54, 1.807) is 6.92 Å². The van der Waals surface area contributed by atoms with Crippen molar-refractivity contribution in [3.05, 3.63) is 0 Å².